The van der Waals surface area contributed by atoms with Gasteiger partial charge >= 0.3 is 5.97 Å². The fourth-order valence-electron chi connectivity index (χ4n) is 2.62. The minimum Gasteiger partial charge on any atom is -0.493 e. The molecule has 1 aromatic heterocycles. The van der Waals surface area contributed by atoms with E-state index in [-0.39, 0.29) is 0 Å². The predicted molar refractivity (Wildman–Crippen MR) is 95.9 cm³/mol. The average molecular weight is 338 g/mol. The third-order valence-corrected chi connectivity index (χ3v) is 3.79. The van der Waals surface area contributed by atoms with Crippen molar-refractivity contribution >= 4 is 29.2 Å². The number of aromatic amines is 1. The van der Waals surface area contributed by atoms with E-state index in [0.29, 0.717) is 28.4 Å². The number of rotatable bonds is 5. The van der Waals surface area contributed by atoms with E-state index in [1.165, 1.54) is 7.11 Å². The standard InChI is InChI=1S/C19H18N2O4/c1-23-15-9-4-6-12(18(15)24-2)10-11-16-20-14-8-5-7-13(17(14)21-16)19(22)25-3/h4-11H,1-3H3,(H,20,21). The number of esters is 1. The molecule has 0 saturated heterocycles. The number of carbonyl (C=O) groups is 1. The molecule has 3 aromatic rings. The van der Waals surface area contributed by atoms with Gasteiger partial charge in [0.1, 0.15) is 11.3 Å². The summed E-state index contributed by atoms with van der Waals surface area (Å²) in [6.45, 7) is 0. The summed E-state index contributed by atoms with van der Waals surface area (Å²) in [6.07, 6.45) is 3.69. The zero-order valence-corrected chi connectivity index (χ0v) is 14.2. The quantitative estimate of drug-likeness (QED) is 0.720. The molecular weight excluding hydrogens is 320 g/mol. The van der Waals surface area contributed by atoms with Crippen molar-refractivity contribution in [1.82, 2.24) is 9.97 Å². The van der Waals surface area contributed by atoms with Crippen LogP contribution in [0.15, 0.2) is 36.4 Å². The first kappa shape index (κ1) is 16.6. The second kappa shape index (κ2) is 7.09. The van der Waals surface area contributed by atoms with E-state index >= 15 is 0 Å². The number of benzene rings is 2. The number of para-hydroxylation sites is 2. The molecule has 6 nitrogen and oxygen atoms in total. The molecule has 1 N–H and O–H groups in total. The lowest BCUT2D eigenvalue weighted by Gasteiger charge is -2.09. The van der Waals surface area contributed by atoms with Crippen LogP contribution in [-0.4, -0.2) is 37.3 Å². The van der Waals surface area contributed by atoms with Gasteiger partial charge in [0.2, 0.25) is 0 Å². The van der Waals surface area contributed by atoms with Crippen molar-refractivity contribution in [2.24, 2.45) is 0 Å². The molecule has 0 saturated carbocycles. The Hall–Kier alpha value is -3.28. The number of H-pyrrole nitrogens is 1. The van der Waals surface area contributed by atoms with Crippen LogP contribution in [0, 0.1) is 0 Å². The van der Waals surface area contributed by atoms with Gasteiger partial charge in [0.15, 0.2) is 11.5 Å². The molecule has 128 valence electrons. The summed E-state index contributed by atoms with van der Waals surface area (Å²) in [6, 6.07) is 11.0. The number of imidazole rings is 1. The summed E-state index contributed by atoms with van der Waals surface area (Å²) in [5.41, 5.74) is 2.62. The van der Waals surface area contributed by atoms with Crippen LogP contribution >= 0.6 is 0 Å². The van der Waals surface area contributed by atoms with E-state index in [2.05, 4.69) is 9.97 Å². The normalized spacial score (nSPS) is 11.0. The molecule has 6 heteroatoms. The summed E-state index contributed by atoms with van der Waals surface area (Å²) in [5, 5.41) is 0. The molecule has 0 aliphatic heterocycles. The number of ether oxygens (including phenoxy) is 3. The molecule has 25 heavy (non-hydrogen) atoms. The first-order valence-corrected chi connectivity index (χ1v) is 7.64. The molecule has 0 amide bonds. The van der Waals surface area contributed by atoms with Crippen molar-refractivity contribution < 1.29 is 19.0 Å². The third-order valence-electron chi connectivity index (χ3n) is 3.79. The second-order valence-electron chi connectivity index (χ2n) is 5.23. The molecule has 0 bridgehead atoms. The lowest BCUT2D eigenvalue weighted by molar-refractivity contribution is 0.0603. The van der Waals surface area contributed by atoms with Gasteiger partial charge in [0, 0.05) is 5.56 Å². The van der Waals surface area contributed by atoms with E-state index in [0.717, 1.165) is 11.1 Å². The van der Waals surface area contributed by atoms with Gasteiger partial charge in [-0.3, -0.25) is 0 Å². The van der Waals surface area contributed by atoms with Crippen LogP contribution in [0.1, 0.15) is 21.7 Å². The highest BCUT2D eigenvalue weighted by molar-refractivity contribution is 6.02. The van der Waals surface area contributed by atoms with E-state index in [4.69, 9.17) is 14.2 Å². The van der Waals surface area contributed by atoms with Gasteiger partial charge in [-0.15, -0.1) is 0 Å². The van der Waals surface area contributed by atoms with Crippen molar-refractivity contribution in [1.29, 1.82) is 0 Å². The Balaban J connectivity index is 1.99. The lowest BCUT2D eigenvalue weighted by atomic mass is 10.1. The third kappa shape index (κ3) is 3.19. The maximum Gasteiger partial charge on any atom is 0.340 e. The summed E-state index contributed by atoms with van der Waals surface area (Å²) < 4.78 is 15.5. The summed E-state index contributed by atoms with van der Waals surface area (Å²) >= 11 is 0. The fourth-order valence-corrected chi connectivity index (χ4v) is 2.62. The summed E-state index contributed by atoms with van der Waals surface area (Å²) in [7, 11) is 4.54. The predicted octanol–water partition coefficient (Wildman–Crippen LogP) is 3.54. The molecule has 0 atom stereocenters. The van der Waals surface area contributed by atoms with E-state index in [9.17, 15) is 4.79 Å². The molecule has 1 heterocycles. The average Bonchev–Trinajstić information content (AvgIpc) is 3.08. The molecule has 3 rings (SSSR count). The maximum absolute atomic E-state index is 11.8. The van der Waals surface area contributed by atoms with Gasteiger partial charge in [-0.05, 0) is 30.4 Å². The van der Waals surface area contributed by atoms with Gasteiger partial charge < -0.3 is 19.2 Å². The molecule has 0 radical (unpaired) electrons. The van der Waals surface area contributed by atoms with E-state index in [1.54, 1.807) is 26.4 Å². The number of hydrogen-bond donors (Lipinski definition) is 1. The Labute approximate surface area is 145 Å². The van der Waals surface area contributed by atoms with Crippen LogP contribution in [0.3, 0.4) is 0 Å². The first-order valence-electron chi connectivity index (χ1n) is 7.64. The zero-order chi connectivity index (χ0) is 17.8. The minimum atomic E-state index is -0.415. The van der Waals surface area contributed by atoms with Crippen molar-refractivity contribution in [3.8, 4) is 11.5 Å². The largest absolute Gasteiger partial charge is 0.493 e. The Morgan fingerprint density at radius 1 is 1.04 bits per heavy atom. The molecule has 0 unspecified atom stereocenters. The Bertz CT molecular complexity index is 944. The van der Waals surface area contributed by atoms with Gasteiger partial charge in [-0.1, -0.05) is 18.2 Å². The van der Waals surface area contributed by atoms with Crippen LogP contribution in [-0.2, 0) is 4.74 Å². The van der Waals surface area contributed by atoms with E-state index in [1.807, 2.05) is 36.4 Å². The highest BCUT2D eigenvalue weighted by atomic mass is 16.5. The van der Waals surface area contributed by atoms with Gasteiger partial charge in [0.05, 0.1) is 32.4 Å². The second-order valence-corrected chi connectivity index (χ2v) is 5.23. The van der Waals surface area contributed by atoms with Crippen LogP contribution in [0.25, 0.3) is 23.2 Å². The fraction of sp³-hybridized carbons (Fsp3) is 0.158. The smallest absolute Gasteiger partial charge is 0.340 e. The highest BCUT2D eigenvalue weighted by Crippen LogP contribution is 2.31. The Morgan fingerprint density at radius 2 is 1.84 bits per heavy atom. The number of hydrogen-bond acceptors (Lipinski definition) is 5. The molecule has 0 aliphatic rings. The van der Waals surface area contributed by atoms with Gasteiger partial charge in [-0.2, -0.15) is 0 Å². The van der Waals surface area contributed by atoms with Crippen LogP contribution in [0.5, 0.6) is 11.5 Å². The number of nitrogens with one attached hydrogen (secondary N) is 1. The first-order chi connectivity index (χ1) is 12.2. The summed E-state index contributed by atoms with van der Waals surface area (Å²) in [4.78, 5) is 19.5. The van der Waals surface area contributed by atoms with Crippen LogP contribution in [0.4, 0.5) is 0 Å². The van der Waals surface area contributed by atoms with Crippen molar-refractivity contribution in [3.63, 3.8) is 0 Å². The van der Waals surface area contributed by atoms with Gasteiger partial charge in [-0.25, -0.2) is 9.78 Å². The lowest BCUT2D eigenvalue weighted by Crippen LogP contribution is -2.01. The SMILES string of the molecule is COC(=O)c1cccc2[nH]c(C=Cc3cccc(OC)c3OC)nc12. The number of nitrogens with zero attached hydrogens (tertiary/aromatic N) is 1. The number of carbonyl (C=O) groups excluding carboxylic acids is 1. The number of methoxy groups -OCH3 is 3. The summed E-state index contributed by atoms with van der Waals surface area (Å²) in [5.74, 6) is 1.51. The molecule has 2 aromatic carbocycles. The van der Waals surface area contributed by atoms with Crippen molar-refractivity contribution in [3.05, 3.63) is 53.3 Å². The topological polar surface area (TPSA) is 73.4 Å². The van der Waals surface area contributed by atoms with Crippen molar-refractivity contribution in [2.75, 3.05) is 21.3 Å². The Morgan fingerprint density at radius 3 is 2.56 bits per heavy atom. The number of aromatic nitrogens is 2. The minimum absolute atomic E-state index is 0.415. The van der Waals surface area contributed by atoms with Crippen molar-refractivity contribution in [2.45, 2.75) is 0 Å². The molecule has 0 aliphatic carbocycles. The maximum atomic E-state index is 11.8. The molecule has 0 fully saturated rings. The zero-order valence-electron chi connectivity index (χ0n) is 14.2. The molecule has 0 spiro atoms. The van der Waals surface area contributed by atoms with Crippen LogP contribution < -0.4 is 9.47 Å². The van der Waals surface area contributed by atoms with E-state index < -0.39 is 5.97 Å². The van der Waals surface area contributed by atoms with Gasteiger partial charge in [0.25, 0.3) is 0 Å². The van der Waals surface area contributed by atoms with Crippen LogP contribution in [0.2, 0.25) is 0 Å². The number of fused-ring (bicyclic) bond motifs is 1. The Kier molecular flexibility index (Phi) is 4.70. The highest BCUT2D eigenvalue weighted by Gasteiger charge is 2.13. The molecular formula is C19H18N2O4. The monoisotopic (exact) mass is 338 g/mol.